The van der Waals surface area contributed by atoms with E-state index in [-0.39, 0.29) is 5.91 Å². The van der Waals surface area contributed by atoms with Crippen molar-refractivity contribution in [1.29, 1.82) is 0 Å². The van der Waals surface area contributed by atoms with Crippen LogP contribution in [0.4, 0.5) is 23.0 Å². The Morgan fingerprint density at radius 2 is 1.63 bits per heavy atom. The number of carbonyl (C=O) groups excluding carboxylic acids is 1. The van der Waals surface area contributed by atoms with Gasteiger partial charge in [0.2, 0.25) is 0 Å². The SMILES string of the molecule is COc1ccc(C(=O)Nc2ccc(Nc3cc(N4CCCC4)nc(C)n3)cc2)cc1. The highest BCUT2D eigenvalue weighted by Crippen LogP contribution is 2.24. The molecule has 30 heavy (non-hydrogen) atoms. The van der Waals surface area contributed by atoms with Crippen LogP contribution in [0.2, 0.25) is 0 Å². The fraction of sp³-hybridized carbons (Fsp3) is 0.261. The van der Waals surface area contributed by atoms with E-state index in [1.807, 2.05) is 37.3 Å². The van der Waals surface area contributed by atoms with Crippen LogP contribution in [0.25, 0.3) is 0 Å². The molecule has 154 valence electrons. The summed E-state index contributed by atoms with van der Waals surface area (Å²) in [6.07, 6.45) is 2.41. The first-order valence-corrected chi connectivity index (χ1v) is 10.0. The zero-order valence-corrected chi connectivity index (χ0v) is 17.2. The lowest BCUT2D eigenvalue weighted by Crippen LogP contribution is -2.19. The van der Waals surface area contributed by atoms with Crippen LogP contribution >= 0.6 is 0 Å². The van der Waals surface area contributed by atoms with E-state index in [9.17, 15) is 4.79 Å². The molecule has 2 N–H and O–H groups in total. The van der Waals surface area contributed by atoms with E-state index >= 15 is 0 Å². The second kappa shape index (κ2) is 8.82. The highest BCUT2D eigenvalue weighted by molar-refractivity contribution is 6.04. The van der Waals surface area contributed by atoms with Gasteiger partial charge in [-0.25, -0.2) is 9.97 Å². The summed E-state index contributed by atoms with van der Waals surface area (Å²) in [5, 5.41) is 6.23. The minimum atomic E-state index is -0.167. The number of benzene rings is 2. The number of hydrogen-bond acceptors (Lipinski definition) is 6. The summed E-state index contributed by atoms with van der Waals surface area (Å²) in [5.41, 5.74) is 2.19. The van der Waals surface area contributed by atoms with Crippen molar-refractivity contribution in [3.8, 4) is 5.75 Å². The summed E-state index contributed by atoms with van der Waals surface area (Å²) in [6, 6.07) is 16.5. The van der Waals surface area contributed by atoms with Gasteiger partial charge in [-0.1, -0.05) is 0 Å². The maximum absolute atomic E-state index is 12.4. The Hall–Kier alpha value is -3.61. The summed E-state index contributed by atoms with van der Waals surface area (Å²) in [7, 11) is 1.60. The number of aromatic nitrogens is 2. The molecule has 0 radical (unpaired) electrons. The molecule has 0 aliphatic carbocycles. The molecule has 0 spiro atoms. The summed E-state index contributed by atoms with van der Waals surface area (Å²) >= 11 is 0. The molecule has 0 atom stereocenters. The summed E-state index contributed by atoms with van der Waals surface area (Å²) in [5.74, 6) is 3.02. The van der Waals surface area contributed by atoms with Crippen LogP contribution in [0.1, 0.15) is 29.0 Å². The van der Waals surface area contributed by atoms with Crippen LogP contribution in [0.15, 0.2) is 54.6 Å². The van der Waals surface area contributed by atoms with Gasteiger partial charge in [-0.2, -0.15) is 0 Å². The highest BCUT2D eigenvalue weighted by Gasteiger charge is 2.15. The maximum atomic E-state index is 12.4. The number of methoxy groups -OCH3 is 1. The first kappa shape index (κ1) is 19.7. The van der Waals surface area contributed by atoms with Gasteiger partial charge in [-0.15, -0.1) is 0 Å². The van der Waals surface area contributed by atoms with Crippen LogP contribution < -0.4 is 20.3 Å². The van der Waals surface area contributed by atoms with Crippen LogP contribution in [0.5, 0.6) is 5.75 Å². The van der Waals surface area contributed by atoms with E-state index in [1.165, 1.54) is 12.8 Å². The molecule has 2 aromatic carbocycles. The smallest absolute Gasteiger partial charge is 0.255 e. The number of ether oxygens (including phenoxy) is 1. The lowest BCUT2D eigenvalue weighted by Gasteiger charge is -2.18. The second-order valence-electron chi connectivity index (χ2n) is 7.24. The average molecular weight is 403 g/mol. The number of carbonyl (C=O) groups is 1. The third kappa shape index (κ3) is 4.68. The Balaban J connectivity index is 1.41. The number of nitrogens with zero attached hydrogens (tertiary/aromatic N) is 3. The zero-order chi connectivity index (χ0) is 20.9. The largest absolute Gasteiger partial charge is 0.497 e. The van der Waals surface area contributed by atoms with Crippen LogP contribution in [-0.4, -0.2) is 36.1 Å². The molecule has 3 aromatic rings. The van der Waals surface area contributed by atoms with E-state index < -0.39 is 0 Å². The second-order valence-corrected chi connectivity index (χ2v) is 7.24. The molecule has 1 fully saturated rings. The van der Waals surface area contributed by atoms with Gasteiger partial charge in [0.25, 0.3) is 5.91 Å². The van der Waals surface area contributed by atoms with Crippen molar-refractivity contribution in [3.63, 3.8) is 0 Å². The molecular formula is C23H25N5O2. The van der Waals surface area contributed by atoms with E-state index in [1.54, 1.807) is 31.4 Å². The fourth-order valence-corrected chi connectivity index (χ4v) is 3.45. The predicted molar refractivity (Wildman–Crippen MR) is 119 cm³/mol. The van der Waals surface area contributed by atoms with Crippen LogP contribution in [0, 0.1) is 6.92 Å². The van der Waals surface area contributed by atoms with Crippen molar-refractivity contribution in [2.45, 2.75) is 19.8 Å². The molecule has 1 aliphatic heterocycles. The van der Waals surface area contributed by atoms with E-state index in [0.29, 0.717) is 5.56 Å². The minimum absolute atomic E-state index is 0.167. The molecule has 0 saturated carbocycles. The average Bonchev–Trinajstić information content (AvgIpc) is 3.30. The van der Waals surface area contributed by atoms with Gasteiger partial charge in [0.05, 0.1) is 7.11 Å². The topological polar surface area (TPSA) is 79.4 Å². The standard InChI is InChI=1S/C23H25N5O2/c1-16-24-21(15-22(25-16)28-13-3-4-14-28)26-18-7-9-19(10-8-18)27-23(29)17-5-11-20(30-2)12-6-17/h5-12,15H,3-4,13-14H2,1-2H3,(H,27,29)(H,24,25,26). The normalized spacial score (nSPS) is 13.2. The monoisotopic (exact) mass is 403 g/mol. The molecule has 1 amide bonds. The first-order chi connectivity index (χ1) is 14.6. The predicted octanol–water partition coefficient (Wildman–Crippen LogP) is 4.39. The molecule has 1 aromatic heterocycles. The van der Waals surface area contributed by atoms with E-state index in [2.05, 4.69) is 25.5 Å². The fourth-order valence-electron chi connectivity index (χ4n) is 3.45. The van der Waals surface area contributed by atoms with Crippen molar-refractivity contribution in [1.82, 2.24) is 9.97 Å². The minimum Gasteiger partial charge on any atom is -0.497 e. The van der Waals surface area contributed by atoms with Crippen molar-refractivity contribution >= 4 is 28.9 Å². The molecule has 0 unspecified atom stereocenters. The molecule has 7 heteroatoms. The van der Waals surface area contributed by atoms with Crippen molar-refractivity contribution in [3.05, 3.63) is 66.0 Å². The van der Waals surface area contributed by atoms with Crippen LogP contribution in [0.3, 0.4) is 0 Å². The third-order valence-electron chi connectivity index (χ3n) is 5.02. The quantitative estimate of drug-likeness (QED) is 0.635. The number of anilines is 4. The number of hydrogen-bond donors (Lipinski definition) is 2. The maximum Gasteiger partial charge on any atom is 0.255 e. The van der Waals surface area contributed by atoms with E-state index in [4.69, 9.17) is 4.74 Å². The lowest BCUT2D eigenvalue weighted by atomic mass is 10.2. The van der Waals surface area contributed by atoms with Crippen molar-refractivity contribution < 1.29 is 9.53 Å². The van der Waals surface area contributed by atoms with E-state index in [0.717, 1.165) is 47.7 Å². The first-order valence-electron chi connectivity index (χ1n) is 10.0. The Bertz CT molecular complexity index is 1010. The van der Waals surface area contributed by atoms with Gasteiger partial charge in [0.1, 0.15) is 23.2 Å². The summed E-state index contributed by atoms with van der Waals surface area (Å²) < 4.78 is 5.12. The van der Waals surface area contributed by atoms with Gasteiger partial charge in [-0.05, 0) is 68.3 Å². The molecule has 0 bridgehead atoms. The molecule has 4 rings (SSSR count). The molecular weight excluding hydrogens is 378 g/mol. The van der Waals surface area contributed by atoms with Gasteiger partial charge < -0.3 is 20.3 Å². The molecule has 2 heterocycles. The molecule has 1 aliphatic rings. The molecule has 1 saturated heterocycles. The Morgan fingerprint density at radius 3 is 2.30 bits per heavy atom. The zero-order valence-electron chi connectivity index (χ0n) is 17.2. The Morgan fingerprint density at radius 1 is 0.967 bits per heavy atom. The van der Waals surface area contributed by atoms with Gasteiger partial charge in [0.15, 0.2) is 0 Å². The van der Waals surface area contributed by atoms with Crippen molar-refractivity contribution in [2.75, 3.05) is 35.7 Å². The van der Waals surface area contributed by atoms with Gasteiger partial charge in [-0.3, -0.25) is 4.79 Å². The number of nitrogens with one attached hydrogen (secondary N) is 2. The number of amides is 1. The third-order valence-corrected chi connectivity index (χ3v) is 5.02. The number of rotatable bonds is 6. The van der Waals surface area contributed by atoms with Crippen molar-refractivity contribution in [2.24, 2.45) is 0 Å². The molecule has 7 nitrogen and oxygen atoms in total. The Labute approximate surface area is 176 Å². The van der Waals surface area contributed by atoms with Crippen LogP contribution in [-0.2, 0) is 0 Å². The number of aryl methyl sites for hydroxylation is 1. The Kier molecular flexibility index (Phi) is 5.79. The summed E-state index contributed by atoms with van der Waals surface area (Å²) in [4.78, 5) is 23.8. The highest BCUT2D eigenvalue weighted by atomic mass is 16.5. The summed E-state index contributed by atoms with van der Waals surface area (Å²) in [6.45, 7) is 3.99. The van der Waals surface area contributed by atoms with Gasteiger partial charge in [0, 0.05) is 36.1 Å². The lowest BCUT2D eigenvalue weighted by molar-refractivity contribution is 0.102. The van der Waals surface area contributed by atoms with Gasteiger partial charge >= 0.3 is 0 Å².